The first-order chi connectivity index (χ1) is 10.9. The summed E-state index contributed by atoms with van der Waals surface area (Å²) in [6.07, 6.45) is 0.552. The Morgan fingerprint density at radius 2 is 2.22 bits per heavy atom. The second-order valence-electron chi connectivity index (χ2n) is 5.52. The van der Waals surface area contributed by atoms with Crippen molar-refractivity contribution in [2.75, 3.05) is 18.7 Å². The van der Waals surface area contributed by atoms with Crippen LogP contribution in [0.3, 0.4) is 0 Å². The Labute approximate surface area is 140 Å². The Hall–Kier alpha value is -1.92. The van der Waals surface area contributed by atoms with Crippen molar-refractivity contribution in [3.8, 4) is 0 Å². The molecule has 0 bridgehead atoms. The lowest BCUT2D eigenvalue weighted by Crippen LogP contribution is -2.43. The molecule has 0 spiro atoms. The highest BCUT2D eigenvalue weighted by Crippen LogP contribution is 2.26. The summed E-state index contributed by atoms with van der Waals surface area (Å²) in [4.78, 5) is 24.3. The number of anilines is 1. The van der Waals surface area contributed by atoms with Gasteiger partial charge < -0.3 is 10.1 Å². The van der Waals surface area contributed by atoms with E-state index in [9.17, 15) is 9.59 Å². The molecule has 23 heavy (non-hydrogen) atoms. The predicted molar refractivity (Wildman–Crippen MR) is 89.8 cm³/mol. The Morgan fingerprint density at radius 1 is 1.48 bits per heavy atom. The maximum absolute atomic E-state index is 12.2. The molecule has 1 aromatic carbocycles. The molecule has 1 aromatic rings. The van der Waals surface area contributed by atoms with Crippen LogP contribution in [0.25, 0.3) is 0 Å². The van der Waals surface area contributed by atoms with Crippen molar-refractivity contribution >= 4 is 34.8 Å². The number of carbonyl (C=O) groups excluding carboxylic acids is 2. The Balaban J connectivity index is 2.20. The van der Waals surface area contributed by atoms with Gasteiger partial charge in [0.15, 0.2) is 0 Å². The van der Waals surface area contributed by atoms with E-state index in [1.807, 2.05) is 19.9 Å². The van der Waals surface area contributed by atoms with E-state index in [0.29, 0.717) is 29.4 Å². The molecule has 1 N–H and O–H groups in total. The second-order valence-corrected chi connectivity index (χ2v) is 5.92. The molecule has 0 aliphatic carbocycles. The fourth-order valence-corrected chi connectivity index (χ4v) is 2.41. The number of hydrazone groups is 1. The molecule has 1 aliphatic rings. The number of ether oxygens (including phenoxy) is 1. The molecule has 6 nitrogen and oxygen atoms in total. The number of nitrogens with zero attached hydrogens (tertiary/aromatic N) is 2. The van der Waals surface area contributed by atoms with Gasteiger partial charge in [0.1, 0.15) is 5.71 Å². The zero-order valence-corrected chi connectivity index (χ0v) is 14.2. The summed E-state index contributed by atoms with van der Waals surface area (Å²) in [6.45, 7) is 4.13. The second kappa shape index (κ2) is 7.57. The molecular formula is C16H20ClN3O3. The zero-order valence-electron chi connectivity index (χ0n) is 13.4. The van der Waals surface area contributed by atoms with Gasteiger partial charge in [0, 0.05) is 31.0 Å². The number of aryl methyl sites for hydroxylation is 1. The van der Waals surface area contributed by atoms with Gasteiger partial charge in [-0.05, 0) is 31.5 Å². The molecular weight excluding hydrogens is 318 g/mol. The fraction of sp³-hybridized carbons (Fsp3) is 0.438. The molecule has 0 aromatic heterocycles. The number of benzene rings is 1. The third-order valence-corrected chi connectivity index (χ3v) is 3.90. The summed E-state index contributed by atoms with van der Waals surface area (Å²) in [5, 5.41) is 8.80. The topological polar surface area (TPSA) is 71.0 Å². The SMILES string of the molecule is COC[C@H](C)NC(=O)C1=NN(c2ccc(C)c(Cl)c2)C(=O)CC1. The zero-order chi connectivity index (χ0) is 17.0. The summed E-state index contributed by atoms with van der Waals surface area (Å²) in [6, 6.07) is 5.12. The van der Waals surface area contributed by atoms with Crippen LogP contribution in [0, 0.1) is 6.92 Å². The van der Waals surface area contributed by atoms with E-state index in [2.05, 4.69) is 10.4 Å². The van der Waals surface area contributed by atoms with E-state index >= 15 is 0 Å². The summed E-state index contributed by atoms with van der Waals surface area (Å²) in [5.41, 5.74) is 1.79. The number of nitrogens with one attached hydrogen (secondary N) is 1. The lowest BCUT2D eigenvalue weighted by Gasteiger charge is -2.24. The van der Waals surface area contributed by atoms with E-state index < -0.39 is 0 Å². The van der Waals surface area contributed by atoms with Gasteiger partial charge in [-0.15, -0.1) is 0 Å². The van der Waals surface area contributed by atoms with Crippen molar-refractivity contribution in [1.82, 2.24) is 5.32 Å². The number of halogens is 1. The van der Waals surface area contributed by atoms with Gasteiger partial charge in [0.05, 0.1) is 12.3 Å². The molecule has 1 heterocycles. The largest absolute Gasteiger partial charge is 0.383 e. The van der Waals surface area contributed by atoms with Crippen LogP contribution in [-0.4, -0.2) is 37.3 Å². The van der Waals surface area contributed by atoms with Gasteiger partial charge >= 0.3 is 0 Å². The summed E-state index contributed by atoms with van der Waals surface area (Å²) >= 11 is 6.10. The molecule has 0 unspecified atom stereocenters. The predicted octanol–water partition coefficient (Wildman–Crippen LogP) is 2.28. The lowest BCUT2D eigenvalue weighted by atomic mass is 10.1. The number of methoxy groups -OCH3 is 1. The molecule has 0 saturated carbocycles. The number of amides is 2. The van der Waals surface area contributed by atoms with Gasteiger partial charge in [-0.25, -0.2) is 5.01 Å². The smallest absolute Gasteiger partial charge is 0.267 e. The Morgan fingerprint density at radius 3 is 2.87 bits per heavy atom. The molecule has 2 rings (SSSR count). The van der Waals surface area contributed by atoms with Crippen LogP contribution in [0.1, 0.15) is 25.3 Å². The van der Waals surface area contributed by atoms with Gasteiger partial charge in [0.25, 0.3) is 5.91 Å². The van der Waals surface area contributed by atoms with Crippen molar-refractivity contribution < 1.29 is 14.3 Å². The van der Waals surface area contributed by atoms with E-state index in [4.69, 9.17) is 16.3 Å². The molecule has 0 radical (unpaired) electrons. The molecule has 1 atom stereocenters. The van der Waals surface area contributed by atoms with Crippen molar-refractivity contribution in [2.24, 2.45) is 5.10 Å². The summed E-state index contributed by atoms with van der Waals surface area (Å²) < 4.78 is 4.99. The lowest BCUT2D eigenvalue weighted by molar-refractivity contribution is -0.119. The normalized spacial score (nSPS) is 16.1. The minimum atomic E-state index is -0.287. The van der Waals surface area contributed by atoms with Crippen molar-refractivity contribution in [3.63, 3.8) is 0 Å². The van der Waals surface area contributed by atoms with Gasteiger partial charge in [0.2, 0.25) is 5.91 Å². The molecule has 1 aliphatic heterocycles. The van der Waals surface area contributed by atoms with E-state index in [0.717, 1.165) is 5.56 Å². The monoisotopic (exact) mass is 337 g/mol. The van der Waals surface area contributed by atoms with E-state index in [1.54, 1.807) is 19.2 Å². The average Bonchev–Trinajstić information content (AvgIpc) is 2.50. The average molecular weight is 338 g/mol. The Bertz CT molecular complexity index is 645. The first-order valence-electron chi connectivity index (χ1n) is 7.38. The van der Waals surface area contributed by atoms with Crippen LogP contribution >= 0.6 is 11.6 Å². The van der Waals surface area contributed by atoms with Gasteiger partial charge in [-0.1, -0.05) is 17.7 Å². The van der Waals surface area contributed by atoms with Crippen LogP contribution in [0.2, 0.25) is 5.02 Å². The van der Waals surface area contributed by atoms with Crippen LogP contribution in [0.4, 0.5) is 5.69 Å². The maximum Gasteiger partial charge on any atom is 0.267 e. The van der Waals surface area contributed by atoms with Gasteiger partial charge in [-0.3, -0.25) is 9.59 Å². The van der Waals surface area contributed by atoms with Crippen molar-refractivity contribution in [1.29, 1.82) is 0 Å². The number of rotatable bonds is 5. The highest BCUT2D eigenvalue weighted by atomic mass is 35.5. The van der Waals surface area contributed by atoms with E-state index in [1.165, 1.54) is 5.01 Å². The van der Waals surface area contributed by atoms with Crippen molar-refractivity contribution in [3.05, 3.63) is 28.8 Å². The quantitative estimate of drug-likeness (QED) is 0.896. The van der Waals surface area contributed by atoms with Gasteiger partial charge in [-0.2, -0.15) is 5.10 Å². The maximum atomic E-state index is 12.2. The third-order valence-electron chi connectivity index (χ3n) is 3.49. The number of carbonyl (C=O) groups is 2. The minimum absolute atomic E-state index is 0.130. The Kier molecular flexibility index (Phi) is 5.74. The number of hydrogen-bond acceptors (Lipinski definition) is 4. The minimum Gasteiger partial charge on any atom is -0.383 e. The first kappa shape index (κ1) is 17.4. The summed E-state index contributed by atoms with van der Waals surface area (Å²) in [7, 11) is 1.57. The fourth-order valence-electron chi connectivity index (χ4n) is 2.23. The standard InChI is InChI=1S/C16H20ClN3O3/c1-10-4-5-12(8-13(10)17)20-15(21)7-6-14(19-20)16(22)18-11(2)9-23-3/h4-5,8,11H,6-7,9H2,1-3H3,(H,18,22)/t11-/m0/s1. The van der Waals surface area contributed by atoms with E-state index in [-0.39, 0.29) is 24.3 Å². The van der Waals surface area contributed by atoms with Crippen LogP contribution in [0.5, 0.6) is 0 Å². The van der Waals surface area contributed by atoms with Crippen LogP contribution in [0.15, 0.2) is 23.3 Å². The van der Waals surface area contributed by atoms with Crippen LogP contribution in [-0.2, 0) is 14.3 Å². The third kappa shape index (κ3) is 4.30. The number of hydrogen-bond donors (Lipinski definition) is 1. The molecule has 7 heteroatoms. The first-order valence-corrected chi connectivity index (χ1v) is 7.76. The summed E-state index contributed by atoms with van der Waals surface area (Å²) in [5.74, 6) is -0.448. The molecule has 2 amide bonds. The van der Waals surface area contributed by atoms with Crippen molar-refractivity contribution in [2.45, 2.75) is 32.7 Å². The molecule has 0 fully saturated rings. The molecule has 124 valence electrons. The highest BCUT2D eigenvalue weighted by Gasteiger charge is 2.26. The highest BCUT2D eigenvalue weighted by molar-refractivity contribution is 6.40. The molecule has 0 saturated heterocycles. The van der Waals surface area contributed by atoms with Crippen LogP contribution < -0.4 is 10.3 Å².